The second-order valence-electron chi connectivity index (χ2n) is 8.30. The molecule has 1 aliphatic heterocycles. The van der Waals surface area contributed by atoms with Gasteiger partial charge in [-0.05, 0) is 48.3 Å². The monoisotopic (exact) mass is 430 g/mol. The van der Waals surface area contributed by atoms with Crippen molar-refractivity contribution in [3.8, 4) is 0 Å². The van der Waals surface area contributed by atoms with Crippen LogP contribution in [0.5, 0.6) is 0 Å². The molecular formula is C20H32BrClN2O. The third-order valence-electron chi connectivity index (χ3n) is 5.10. The van der Waals surface area contributed by atoms with Gasteiger partial charge < -0.3 is 10.6 Å². The van der Waals surface area contributed by atoms with Gasteiger partial charge in [-0.25, -0.2) is 0 Å². The fraction of sp³-hybridized carbons (Fsp3) is 0.650. The van der Waals surface area contributed by atoms with Crippen molar-refractivity contribution in [3.05, 3.63) is 34.3 Å². The largest absolute Gasteiger partial charge is 0.342 e. The first kappa shape index (κ1) is 22.5. The van der Waals surface area contributed by atoms with E-state index in [4.69, 9.17) is 5.73 Å². The molecule has 0 saturated carbocycles. The third kappa shape index (κ3) is 6.26. The van der Waals surface area contributed by atoms with Crippen LogP contribution in [0, 0.1) is 17.3 Å². The van der Waals surface area contributed by atoms with Gasteiger partial charge >= 0.3 is 0 Å². The lowest BCUT2D eigenvalue weighted by molar-refractivity contribution is -0.139. The first-order valence-electron chi connectivity index (χ1n) is 8.98. The lowest BCUT2D eigenvalue weighted by Crippen LogP contribution is -2.55. The molecule has 1 fully saturated rings. The van der Waals surface area contributed by atoms with Crippen LogP contribution >= 0.6 is 28.3 Å². The topological polar surface area (TPSA) is 46.3 Å². The van der Waals surface area contributed by atoms with Gasteiger partial charge in [0.1, 0.15) is 0 Å². The molecule has 0 aromatic heterocycles. The Morgan fingerprint density at radius 1 is 1.40 bits per heavy atom. The molecule has 0 aliphatic carbocycles. The predicted molar refractivity (Wildman–Crippen MR) is 111 cm³/mol. The normalized spacial score (nSPS) is 20.9. The average molecular weight is 432 g/mol. The zero-order valence-corrected chi connectivity index (χ0v) is 18.2. The Bertz CT molecular complexity index is 577. The highest BCUT2D eigenvalue weighted by Gasteiger charge is 2.37. The van der Waals surface area contributed by atoms with E-state index in [0.29, 0.717) is 11.8 Å². The van der Waals surface area contributed by atoms with Crippen molar-refractivity contribution >= 4 is 34.2 Å². The van der Waals surface area contributed by atoms with Crippen molar-refractivity contribution in [2.75, 3.05) is 13.1 Å². The summed E-state index contributed by atoms with van der Waals surface area (Å²) in [6.07, 6.45) is 2.62. The Hall–Kier alpha value is -0.580. The van der Waals surface area contributed by atoms with Crippen LogP contribution in [0.25, 0.3) is 0 Å². The molecule has 1 heterocycles. The third-order valence-corrected chi connectivity index (χ3v) is 5.59. The van der Waals surface area contributed by atoms with E-state index < -0.39 is 0 Å². The summed E-state index contributed by atoms with van der Waals surface area (Å²) in [5.41, 5.74) is 7.44. The SMILES string of the molecule is CC(C)CC(Cc1cccc(Br)c1)C(=O)N1CCC(N)C(C)(C)C1.Cl. The van der Waals surface area contributed by atoms with Gasteiger partial charge in [0.05, 0.1) is 0 Å². The van der Waals surface area contributed by atoms with Crippen molar-refractivity contribution in [1.29, 1.82) is 0 Å². The van der Waals surface area contributed by atoms with Crippen molar-refractivity contribution in [2.24, 2.45) is 23.0 Å². The van der Waals surface area contributed by atoms with E-state index in [1.807, 2.05) is 17.0 Å². The molecule has 1 aliphatic rings. The Morgan fingerprint density at radius 2 is 2.08 bits per heavy atom. The summed E-state index contributed by atoms with van der Waals surface area (Å²) in [5, 5.41) is 0. The standard InChI is InChI=1S/C20H31BrN2O.ClH/c1-14(2)10-16(11-15-6-5-7-17(21)12-15)19(24)23-9-8-18(22)20(3,4)13-23;/h5-7,12,14,16,18H,8-11,13,22H2,1-4H3;1H. The van der Waals surface area contributed by atoms with Crippen LogP contribution in [-0.4, -0.2) is 29.9 Å². The summed E-state index contributed by atoms with van der Waals surface area (Å²) in [5.74, 6) is 0.847. The molecule has 2 N–H and O–H groups in total. The molecule has 2 atom stereocenters. The molecule has 2 rings (SSSR count). The van der Waals surface area contributed by atoms with Gasteiger partial charge in [0.15, 0.2) is 0 Å². The molecule has 2 unspecified atom stereocenters. The van der Waals surface area contributed by atoms with E-state index in [-0.39, 0.29) is 29.8 Å². The quantitative estimate of drug-likeness (QED) is 0.737. The van der Waals surface area contributed by atoms with Crippen LogP contribution in [0.4, 0.5) is 0 Å². The van der Waals surface area contributed by atoms with Crippen molar-refractivity contribution in [1.82, 2.24) is 4.90 Å². The number of benzene rings is 1. The molecule has 5 heteroatoms. The molecule has 0 spiro atoms. The molecule has 25 heavy (non-hydrogen) atoms. The van der Waals surface area contributed by atoms with Gasteiger partial charge in [0, 0.05) is 29.5 Å². The number of amides is 1. The molecule has 142 valence electrons. The van der Waals surface area contributed by atoms with Gasteiger partial charge in [-0.3, -0.25) is 4.79 Å². The summed E-state index contributed by atoms with van der Waals surface area (Å²) in [6.45, 7) is 10.3. The Balaban J connectivity index is 0.00000312. The summed E-state index contributed by atoms with van der Waals surface area (Å²) in [6, 6.07) is 8.48. The van der Waals surface area contributed by atoms with Gasteiger partial charge in [0.25, 0.3) is 0 Å². The van der Waals surface area contributed by atoms with Crippen molar-refractivity contribution < 1.29 is 4.79 Å². The van der Waals surface area contributed by atoms with E-state index >= 15 is 0 Å². The maximum Gasteiger partial charge on any atom is 0.226 e. The number of carbonyl (C=O) groups excluding carboxylic acids is 1. The molecule has 1 saturated heterocycles. The molecule has 1 aromatic rings. The zero-order valence-electron chi connectivity index (χ0n) is 15.8. The number of nitrogens with two attached hydrogens (primary N) is 1. The maximum absolute atomic E-state index is 13.2. The summed E-state index contributed by atoms with van der Waals surface area (Å²) in [7, 11) is 0. The molecular weight excluding hydrogens is 400 g/mol. The number of nitrogens with zero attached hydrogens (tertiary/aromatic N) is 1. The van der Waals surface area contributed by atoms with Crippen LogP contribution in [-0.2, 0) is 11.2 Å². The number of carbonyl (C=O) groups is 1. The Kier molecular flexibility index (Phi) is 8.43. The lowest BCUT2D eigenvalue weighted by atomic mass is 9.79. The van der Waals surface area contributed by atoms with E-state index in [1.165, 1.54) is 5.56 Å². The minimum atomic E-state index is -0.00787. The average Bonchev–Trinajstić information content (AvgIpc) is 2.48. The van der Waals surface area contributed by atoms with E-state index in [9.17, 15) is 4.79 Å². The number of hydrogen-bond donors (Lipinski definition) is 1. The molecule has 3 nitrogen and oxygen atoms in total. The Morgan fingerprint density at radius 3 is 2.64 bits per heavy atom. The van der Waals surface area contributed by atoms with Gasteiger partial charge in [-0.1, -0.05) is 55.8 Å². The van der Waals surface area contributed by atoms with Gasteiger partial charge in [0.2, 0.25) is 5.91 Å². The number of likely N-dealkylation sites (tertiary alicyclic amines) is 1. The lowest BCUT2D eigenvalue weighted by Gasteiger charge is -2.43. The number of hydrogen-bond acceptors (Lipinski definition) is 2. The smallest absolute Gasteiger partial charge is 0.226 e. The van der Waals surface area contributed by atoms with Crippen molar-refractivity contribution in [2.45, 2.75) is 53.0 Å². The van der Waals surface area contributed by atoms with E-state index in [2.05, 4.69) is 55.8 Å². The van der Waals surface area contributed by atoms with Crippen LogP contribution in [0.2, 0.25) is 0 Å². The second-order valence-corrected chi connectivity index (χ2v) is 9.22. The second kappa shape index (κ2) is 9.38. The fourth-order valence-corrected chi connectivity index (χ4v) is 4.06. The highest BCUT2D eigenvalue weighted by Crippen LogP contribution is 2.30. The summed E-state index contributed by atoms with van der Waals surface area (Å²) < 4.78 is 1.07. The van der Waals surface area contributed by atoms with Gasteiger partial charge in [-0.2, -0.15) is 0 Å². The molecule has 0 bridgehead atoms. The van der Waals surface area contributed by atoms with Crippen LogP contribution in [0.15, 0.2) is 28.7 Å². The van der Waals surface area contributed by atoms with Crippen molar-refractivity contribution in [3.63, 3.8) is 0 Å². The summed E-state index contributed by atoms with van der Waals surface area (Å²) in [4.78, 5) is 15.2. The first-order chi connectivity index (χ1) is 11.2. The predicted octanol–water partition coefficient (Wildman–Crippen LogP) is 4.66. The highest BCUT2D eigenvalue weighted by molar-refractivity contribution is 9.10. The van der Waals surface area contributed by atoms with E-state index in [1.54, 1.807) is 0 Å². The number of halogens is 2. The van der Waals surface area contributed by atoms with Crippen LogP contribution in [0.3, 0.4) is 0 Å². The summed E-state index contributed by atoms with van der Waals surface area (Å²) >= 11 is 3.53. The minimum absolute atomic E-state index is 0. The number of rotatable bonds is 5. The van der Waals surface area contributed by atoms with Crippen LogP contribution in [0.1, 0.15) is 46.1 Å². The van der Waals surface area contributed by atoms with Crippen LogP contribution < -0.4 is 5.73 Å². The number of piperidine rings is 1. The van der Waals surface area contributed by atoms with Gasteiger partial charge in [-0.15, -0.1) is 12.4 Å². The first-order valence-corrected chi connectivity index (χ1v) is 9.77. The maximum atomic E-state index is 13.2. The minimum Gasteiger partial charge on any atom is -0.342 e. The Labute approximate surface area is 167 Å². The fourth-order valence-electron chi connectivity index (χ4n) is 3.61. The molecule has 1 amide bonds. The van der Waals surface area contributed by atoms with E-state index in [0.717, 1.165) is 36.8 Å². The highest BCUT2D eigenvalue weighted by atomic mass is 79.9. The molecule has 1 aromatic carbocycles. The molecule has 0 radical (unpaired) electrons. The zero-order chi connectivity index (χ0) is 17.9.